The van der Waals surface area contributed by atoms with Crippen LogP contribution in [-0.4, -0.2) is 36.5 Å². The van der Waals surface area contributed by atoms with E-state index in [0.717, 1.165) is 38.0 Å². The molecule has 1 amide bonds. The van der Waals surface area contributed by atoms with E-state index in [-0.39, 0.29) is 5.91 Å². The number of nitrogens with zero attached hydrogens (tertiary/aromatic N) is 2. The number of carbonyl (C=O) groups is 1. The summed E-state index contributed by atoms with van der Waals surface area (Å²) in [6, 6.07) is 9.02. The van der Waals surface area contributed by atoms with Crippen molar-refractivity contribution in [1.29, 1.82) is 0 Å². The number of hydrogen-bond acceptors (Lipinski definition) is 3. The molecule has 0 bridgehead atoms. The molecule has 3 nitrogen and oxygen atoms in total. The molecule has 2 heterocycles. The predicted molar refractivity (Wildman–Crippen MR) is 109 cm³/mol. The minimum atomic E-state index is 0.250. The van der Waals surface area contributed by atoms with Crippen molar-refractivity contribution in [2.45, 2.75) is 52.0 Å². The van der Waals surface area contributed by atoms with Gasteiger partial charge < -0.3 is 9.80 Å². The molecular weight excluding hydrogens is 340 g/mol. The number of aryl methyl sites for hydroxylation is 2. The van der Waals surface area contributed by atoms with Crippen molar-refractivity contribution < 1.29 is 4.79 Å². The molecule has 1 saturated heterocycles. The maximum Gasteiger partial charge on any atom is 0.255 e. The Balaban J connectivity index is 1.49. The summed E-state index contributed by atoms with van der Waals surface area (Å²) in [5.41, 5.74) is 4.90. The number of fused-ring (bicyclic) bond motifs is 1. The Labute approximate surface area is 160 Å². The van der Waals surface area contributed by atoms with E-state index >= 15 is 0 Å². The van der Waals surface area contributed by atoms with E-state index in [1.807, 2.05) is 0 Å². The second kappa shape index (κ2) is 7.43. The molecule has 2 aliphatic rings. The summed E-state index contributed by atoms with van der Waals surface area (Å²) in [6.45, 7) is 6.88. The number of rotatable bonds is 2. The van der Waals surface area contributed by atoms with Crippen LogP contribution in [0.3, 0.4) is 0 Å². The lowest BCUT2D eigenvalue weighted by Crippen LogP contribution is -2.53. The first-order valence-corrected chi connectivity index (χ1v) is 10.7. The van der Waals surface area contributed by atoms with Crippen molar-refractivity contribution in [2.24, 2.45) is 0 Å². The monoisotopic (exact) mass is 368 g/mol. The van der Waals surface area contributed by atoms with Gasteiger partial charge in [-0.15, -0.1) is 11.3 Å². The molecule has 0 saturated carbocycles. The predicted octanol–water partition coefficient (Wildman–Crippen LogP) is 4.68. The first-order chi connectivity index (χ1) is 12.6. The molecular formula is C22H28N2OS. The summed E-state index contributed by atoms with van der Waals surface area (Å²) >= 11 is 1.80. The minimum Gasteiger partial charge on any atom is -0.365 e. The van der Waals surface area contributed by atoms with E-state index in [9.17, 15) is 4.79 Å². The van der Waals surface area contributed by atoms with Crippen LogP contribution >= 0.6 is 11.3 Å². The summed E-state index contributed by atoms with van der Waals surface area (Å²) < 4.78 is 0. The Kier molecular flexibility index (Phi) is 5.03. The quantitative estimate of drug-likeness (QED) is 0.719. The fraction of sp³-hybridized carbons (Fsp3) is 0.500. The van der Waals surface area contributed by atoms with Crippen LogP contribution in [0.2, 0.25) is 0 Å². The fourth-order valence-corrected chi connectivity index (χ4v) is 5.47. The second-order valence-corrected chi connectivity index (χ2v) is 8.71. The topological polar surface area (TPSA) is 23.6 Å². The van der Waals surface area contributed by atoms with Gasteiger partial charge in [-0.25, -0.2) is 0 Å². The van der Waals surface area contributed by atoms with Crippen LogP contribution in [0.5, 0.6) is 0 Å². The molecule has 1 aromatic carbocycles. The van der Waals surface area contributed by atoms with Gasteiger partial charge in [-0.05, 0) is 62.8 Å². The third-order valence-electron chi connectivity index (χ3n) is 5.79. The summed E-state index contributed by atoms with van der Waals surface area (Å²) in [7, 11) is 0. The summed E-state index contributed by atoms with van der Waals surface area (Å²) in [5, 5.41) is 2.12. The fourth-order valence-electron chi connectivity index (χ4n) is 4.35. The minimum absolute atomic E-state index is 0.250. The highest BCUT2D eigenvalue weighted by Gasteiger charge is 2.29. The molecule has 1 aromatic heterocycles. The standard InChI is InChI=1S/C22H28N2OS/c1-16-7-6-8-18(13-16)24-12-11-23(14-17(24)2)22(25)20-15-26-21-10-5-3-4-9-19(20)21/h6-8,13,15,17H,3-5,9-12,14H2,1-2H3/t17-/m1/s1. The lowest BCUT2D eigenvalue weighted by atomic mass is 10.0. The van der Waals surface area contributed by atoms with Crippen molar-refractivity contribution in [2.75, 3.05) is 24.5 Å². The van der Waals surface area contributed by atoms with Crippen LogP contribution in [-0.2, 0) is 12.8 Å². The highest BCUT2D eigenvalue weighted by molar-refractivity contribution is 7.10. The average molecular weight is 369 g/mol. The van der Waals surface area contributed by atoms with Crippen molar-refractivity contribution in [3.05, 3.63) is 51.2 Å². The molecule has 1 atom stereocenters. The van der Waals surface area contributed by atoms with E-state index in [1.165, 1.54) is 41.0 Å². The number of thiophene rings is 1. The van der Waals surface area contributed by atoms with Crippen LogP contribution in [0.4, 0.5) is 5.69 Å². The number of amides is 1. The molecule has 1 fully saturated rings. The van der Waals surface area contributed by atoms with Gasteiger partial charge >= 0.3 is 0 Å². The average Bonchev–Trinajstić information content (AvgIpc) is 2.89. The maximum absolute atomic E-state index is 13.2. The number of piperazine rings is 1. The number of hydrogen-bond donors (Lipinski definition) is 0. The lowest BCUT2D eigenvalue weighted by molar-refractivity contribution is 0.0726. The van der Waals surface area contributed by atoms with Gasteiger partial charge in [-0.2, -0.15) is 0 Å². The SMILES string of the molecule is Cc1cccc(N2CCN(C(=O)c3csc4c3CCCCC4)C[C@H]2C)c1. The van der Waals surface area contributed by atoms with Gasteiger partial charge in [0.15, 0.2) is 0 Å². The van der Waals surface area contributed by atoms with E-state index in [1.54, 1.807) is 11.3 Å². The van der Waals surface area contributed by atoms with Crippen LogP contribution in [0, 0.1) is 6.92 Å². The van der Waals surface area contributed by atoms with Gasteiger partial charge in [-0.1, -0.05) is 18.6 Å². The van der Waals surface area contributed by atoms with E-state index in [0.29, 0.717) is 6.04 Å². The van der Waals surface area contributed by atoms with Crippen molar-refractivity contribution in [3.8, 4) is 0 Å². The molecule has 4 heteroatoms. The zero-order valence-electron chi connectivity index (χ0n) is 15.8. The van der Waals surface area contributed by atoms with Crippen molar-refractivity contribution in [1.82, 2.24) is 4.90 Å². The summed E-state index contributed by atoms with van der Waals surface area (Å²) in [4.78, 5) is 19.2. The third-order valence-corrected chi connectivity index (χ3v) is 6.88. The van der Waals surface area contributed by atoms with Crippen LogP contribution in [0.15, 0.2) is 29.6 Å². The highest BCUT2D eigenvalue weighted by atomic mass is 32.1. The van der Waals surface area contributed by atoms with Crippen LogP contribution in [0.1, 0.15) is 52.5 Å². The van der Waals surface area contributed by atoms with Crippen molar-refractivity contribution >= 4 is 22.9 Å². The molecule has 0 N–H and O–H groups in total. The molecule has 4 rings (SSSR count). The van der Waals surface area contributed by atoms with Crippen LogP contribution in [0.25, 0.3) is 0 Å². The van der Waals surface area contributed by atoms with Gasteiger partial charge in [0.2, 0.25) is 0 Å². The highest BCUT2D eigenvalue weighted by Crippen LogP contribution is 2.31. The van der Waals surface area contributed by atoms with Gasteiger partial charge in [0.25, 0.3) is 5.91 Å². The molecule has 26 heavy (non-hydrogen) atoms. The number of carbonyl (C=O) groups excluding carboxylic acids is 1. The van der Waals surface area contributed by atoms with E-state index in [2.05, 4.69) is 53.3 Å². The zero-order valence-corrected chi connectivity index (χ0v) is 16.6. The van der Waals surface area contributed by atoms with E-state index in [4.69, 9.17) is 0 Å². The Bertz CT molecular complexity index is 797. The number of anilines is 1. The Morgan fingerprint density at radius 1 is 1.15 bits per heavy atom. The molecule has 0 radical (unpaired) electrons. The molecule has 0 unspecified atom stereocenters. The first kappa shape index (κ1) is 17.6. The molecule has 1 aliphatic heterocycles. The normalized spacial score (nSPS) is 20.6. The summed E-state index contributed by atoms with van der Waals surface area (Å²) in [5.74, 6) is 0.250. The maximum atomic E-state index is 13.2. The second-order valence-electron chi connectivity index (χ2n) is 7.74. The molecule has 2 aromatic rings. The van der Waals surface area contributed by atoms with Gasteiger partial charge in [0, 0.05) is 41.6 Å². The Hall–Kier alpha value is -1.81. The lowest BCUT2D eigenvalue weighted by Gasteiger charge is -2.41. The smallest absolute Gasteiger partial charge is 0.255 e. The summed E-state index contributed by atoms with van der Waals surface area (Å²) in [6.07, 6.45) is 6.03. The van der Waals surface area contributed by atoms with Crippen molar-refractivity contribution in [3.63, 3.8) is 0 Å². The Morgan fingerprint density at radius 3 is 2.81 bits per heavy atom. The van der Waals surface area contributed by atoms with E-state index < -0.39 is 0 Å². The third kappa shape index (κ3) is 3.39. The van der Waals surface area contributed by atoms with Gasteiger partial charge in [0.1, 0.15) is 0 Å². The first-order valence-electron chi connectivity index (χ1n) is 9.85. The molecule has 138 valence electrons. The van der Waals surface area contributed by atoms with Gasteiger partial charge in [0.05, 0.1) is 5.56 Å². The Morgan fingerprint density at radius 2 is 2.00 bits per heavy atom. The molecule has 1 aliphatic carbocycles. The zero-order chi connectivity index (χ0) is 18.1. The molecule has 0 spiro atoms. The largest absolute Gasteiger partial charge is 0.365 e. The number of benzene rings is 1. The van der Waals surface area contributed by atoms with Crippen LogP contribution < -0.4 is 4.90 Å². The van der Waals surface area contributed by atoms with Gasteiger partial charge in [-0.3, -0.25) is 4.79 Å².